The van der Waals surface area contributed by atoms with E-state index in [4.69, 9.17) is 19.1 Å². The molecule has 0 aromatic heterocycles. The van der Waals surface area contributed by atoms with Crippen molar-refractivity contribution in [1.82, 2.24) is 0 Å². The molecule has 0 bridgehead atoms. The van der Waals surface area contributed by atoms with Gasteiger partial charge in [-0.05, 0) is 77.0 Å². The molecule has 0 fully saturated rings. The van der Waals surface area contributed by atoms with E-state index in [-0.39, 0.29) is 19.4 Å². The predicted molar refractivity (Wildman–Crippen MR) is 224 cm³/mol. The average molecular weight is 797 g/mol. The molecule has 0 radical (unpaired) electrons. The Labute approximate surface area is 334 Å². The van der Waals surface area contributed by atoms with Crippen LogP contribution in [0.1, 0.15) is 168 Å². The van der Waals surface area contributed by atoms with E-state index in [2.05, 4.69) is 73.1 Å². The molecule has 11 heteroatoms. The second-order valence-electron chi connectivity index (χ2n) is 14.0. The van der Waals surface area contributed by atoms with Crippen molar-refractivity contribution in [2.45, 2.75) is 180 Å². The van der Waals surface area contributed by atoms with Crippen LogP contribution >= 0.6 is 7.82 Å². The third kappa shape index (κ3) is 39.7. The zero-order valence-electron chi connectivity index (χ0n) is 34.4. The molecule has 0 amide bonds. The lowest BCUT2D eigenvalue weighted by molar-refractivity contribution is -0.161. The van der Waals surface area contributed by atoms with Crippen molar-refractivity contribution < 1.29 is 47.8 Å². The van der Waals surface area contributed by atoms with Gasteiger partial charge >= 0.3 is 19.8 Å². The van der Waals surface area contributed by atoms with Crippen LogP contribution in [0.2, 0.25) is 0 Å². The van der Waals surface area contributed by atoms with Gasteiger partial charge in [0.05, 0.1) is 19.8 Å². The Morgan fingerprint density at radius 3 is 1.53 bits per heavy atom. The standard InChI is InChI=1S/C44H77O10P/c1-3-5-7-9-11-13-15-17-19-20-22-23-25-27-29-31-33-35-43(47)51-39-42(40-53-55(49,50)52-38-41(46)37-45)54-44(48)36-34-32-30-28-26-24-21-18-16-14-12-10-8-6-4-2/h11,13-14,16-17,19,22-23,27,29,41-42,45-46H,3-10,12,15,18,20-21,24-26,28,30-40H2,1-2H3,(H,49,50)/b13-11-,16-14-,19-17-,23-22-,29-27-/t41-,42+/m0/s1. The van der Waals surface area contributed by atoms with Gasteiger partial charge in [-0.2, -0.15) is 0 Å². The third-order valence-corrected chi connectivity index (χ3v) is 9.60. The summed E-state index contributed by atoms with van der Waals surface area (Å²) in [4.78, 5) is 34.9. The summed E-state index contributed by atoms with van der Waals surface area (Å²) in [5.74, 6) is -0.999. The SMILES string of the molecule is CCCCC/C=C\C/C=C\C/C=C\C/C=C\CCCC(=O)OC[C@H](COP(=O)(O)OC[C@@H](O)CO)OC(=O)CCCCCCCCC/C=C\CCCCCC. The lowest BCUT2D eigenvalue weighted by atomic mass is 10.1. The summed E-state index contributed by atoms with van der Waals surface area (Å²) in [6, 6.07) is 0. The fourth-order valence-corrected chi connectivity index (χ4v) is 6.12. The van der Waals surface area contributed by atoms with Gasteiger partial charge in [-0.1, -0.05) is 139 Å². The van der Waals surface area contributed by atoms with E-state index in [9.17, 15) is 24.2 Å². The minimum absolute atomic E-state index is 0.163. The molecule has 10 nitrogen and oxygen atoms in total. The lowest BCUT2D eigenvalue weighted by Crippen LogP contribution is -2.29. The first-order valence-electron chi connectivity index (χ1n) is 21.2. The first-order chi connectivity index (χ1) is 26.7. The van der Waals surface area contributed by atoms with Crippen molar-refractivity contribution in [1.29, 1.82) is 0 Å². The Morgan fingerprint density at radius 2 is 0.964 bits per heavy atom. The van der Waals surface area contributed by atoms with Crippen LogP contribution in [0.5, 0.6) is 0 Å². The van der Waals surface area contributed by atoms with E-state index in [0.717, 1.165) is 51.4 Å². The van der Waals surface area contributed by atoms with Gasteiger partial charge in [0.1, 0.15) is 12.7 Å². The number of rotatable bonds is 39. The second-order valence-corrected chi connectivity index (χ2v) is 15.5. The molecule has 0 aliphatic rings. The van der Waals surface area contributed by atoms with Crippen molar-refractivity contribution in [3.63, 3.8) is 0 Å². The number of aliphatic hydroxyl groups is 2. The highest BCUT2D eigenvalue weighted by Crippen LogP contribution is 2.43. The molecular weight excluding hydrogens is 719 g/mol. The lowest BCUT2D eigenvalue weighted by Gasteiger charge is -2.20. The first-order valence-corrected chi connectivity index (χ1v) is 22.7. The minimum Gasteiger partial charge on any atom is -0.462 e. The van der Waals surface area contributed by atoms with Crippen molar-refractivity contribution in [2.75, 3.05) is 26.4 Å². The molecule has 1 unspecified atom stereocenters. The van der Waals surface area contributed by atoms with Gasteiger partial charge in [0.2, 0.25) is 0 Å². The fraction of sp³-hybridized carbons (Fsp3) is 0.727. The summed E-state index contributed by atoms with van der Waals surface area (Å²) in [5, 5.41) is 18.3. The van der Waals surface area contributed by atoms with Gasteiger partial charge in [0, 0.05) is 12.8 Å². The maximum Gasteiger partial charge on any atom is 0.472 e. The third-order valence-electron chi connectivity index (χ3n) is 8.64. The number of phosphoric acid groups is 1. The number of hydrogen-bond donors (Lipinski definition) is 3. The molecule has 0 aromatic rings. The quantitative estimate of drug-likeness (QED) is 0.0237. The van der Waals surface area contributed by atoms with Crippen molar-refractivity contribution in [3.8, 4) is 0 Å². The summed E-state index contributed by atoms with van der Waals surface area (Å²) in [7, 11) is -4.63. The maximum absolute atomic E-state index is 12.6. The molecular formula is C44H77O10P. The van der Waals surface area contributed by atoms with Crippen molar-refractivity contribution in [2.24, 2.45) is 0 Å². The van der Waals surface area contributed by atoms with E-state index in [0.29, 0.717) is 19.3 Å². The zero-order valence-corrected chi connectivity index (χ0v) is 35.3. The normalized spacial score (nSPS) is 14.5. The average Bonchev–Trinajstić information content (AvgIpc) is 3.17. The number of allylic oxidation sites excluding steroid dienone is 10. The van der Waals surface area contributed by atoms with Crippen molar-refractivity contribution in [3.05, 3.63) is 60.8 Å². The smallest absolute Gasteiger partial charge is 0.462 e. The van der Waals surface area contributed by atoms with E-state index in [1.54, 1.807) is 0 Å². The summed E-state index contributed by atoms with van der Waals surface area (Å²) in [6.07, 6.45) is 43.3. The molecule has 0 saturated heterocycles. The van der Waals surface area contributed by atoms with E-state index in [1.165, 1.54) is 70.6 Å². The summed E-state index contributed by atoms with van der Waals surface area (Å²) in [6.45, 7) is 2.26. The molecule has 0 aliphatic heterocycles. The Morgan fingerprint density at radius 1 is 0.545 bits per heavy atom. The molecule has 0 rings (SSSR count). The Balaban J connectivity index is 4.42. The van der Waals surface area contributed by atoms with Gasteiger partial charge in [-0.15, -0.1) is 0 Å². The number of aliphatic hydroxyl groups excluding tert-OH is 2. The molecule has 318 valence electrons. The van der Waals surface area contributed by atoms with Gasteiger partial charge in [0.25, 0.3) is 0 Å². The van der Waals surface area contributed by atoms with E-state index >= 15 is 0 Å². The minimum atomic E-state index is -4.63. The molecule has 3 atom stereocenters. The Bertz CT molecular complexity index is 1100. The molecule has 55 heavy (non-hydrogen) atoms. The first kappa shape index (κ1) is 52.7. The molecule has 0 spiro atoms. The van der Waals surface area contributed by atoms with Gasteiger partial charge < -0.3 is 24.6 Å². The largest absolute Gasteiger partial charge is 0.472 e. The highest BCUT2D eigenvalue weighted by molar-refractivity contribution is 7.47. The number of carbonyl (C=O) groups excluding carboxylic acids is 2. The van der Waals surface area contributed by atoms with Gasteiger partial charge in [-0.25, -0.2) is 4.57 Å². The van der Waals surface area contributed by atoms with Gasteiger partial charge in [-0.3, -0.25) is 18.6 Å². The molecule has 0 aromatic carbocycles. The molecule has 0 saturated carbocycles. The fourth-order valence-electron chi connectivity index (χ4n) is 5.33. The number of carbonyl (C=O) groups is 2. The molecule has 0 heterocycles. The van der Waals surface area contributed by atoms with Crippen LogP contribution in [0.4, 0.5) is 0 Å². The van der Waals surface area contributed by atoms with Gasteiger partial charge in [0.15, 0.2) is 6.10 Å². The highest BCUT2D eigenvalue weighted by Gasteiger charge is 2.27. The zero-order chi connectivity index (χ0) is 40.5. The van der Waals surface area contributed by atoms with E-state index in [1.807, 2.05) is 6.08 Å². The molecule has 0 aliphatic carbocycles. The summed E-state index contributed by atoms with van der Waals surface area (Å²) in [5.41, 5.74) is 0. The maximum atomic E-state index is 12.6. The number of unbranched alkanes of at least 4 members (excludes halogenated alkanes) is 15. The van der Waals surface area contributed by atoms with E-state index < -0.39 is 51.8 Å². The Hall–Kier alpha value is -2.33. The number of esters is 2. The predicted octanol–water partition coefficient (Wildman–Crippen LogP) is 11.1. The van der Waals surface area contributed by atoms with Crippen LogP contribution in [-0.4, -0.2) is 65.7 Å². The summed E-state index contributed by atoms with van der Waals surface area (Å²) < 4.78 is 32.6. The number of ether oxygens (including phenoxy) is 2. The topological polar surface area (TPSA) is 149 Å². The van der Waals surface area contributed by atoms with Crippen molar-refractivity contribution >= 4 is 19.8 Å². The second kappa shape index (κ2) is 39.9. The molecule has 3 N–H and O–H groups in total. The van der Waals surface area contributed by atoms with Crippen LogP contribution < -0.4 is 0 Å². The highest BCUT2D eigenvalue weighted by atomic mass is 31.2. The summed E-state index contributed by atoms with van der Waals surface area (Å²) >= 11 is 0. The van der Waals surface area contributed by atoms with Crippen LogP contribution in [-0.2, 0) is 32.7 Å². The van der Waals surface area contributed by atoms with Crippen LogP contribution in [0, 0.1) is 0 Å². The Kier molecular flexibility index (Phi) is 38.2. The number of phosphoric ester groups is 1. The van der Waals surface area contributed by atoms with Crippen LogP contribution in [0.25, 0.3) is 0 Å². The van der Waals surface area contributed by atoms with Crippen LogP contribution in [0.15, 0.2) is 60.8 Å². The number of hydrogen-bond acceptors (Lipinski definition) is 9. The monoisotopic (exact) mass is 797 g/mol. The van der Waals surface area contributed by atoms with Crippen LogP contribution in [0.3, 0.4) is 0 Å².